The van der Waals surface area contributed by atoms with Crippen molar-refractivity contribution in [3.63, 3.8) is 0 Å². The fourth-order valence-electron chi connectivity index (χ4n) is 3.57. The van der Waals surface area contributed by atoms with Crippen LogP contribution in [0.5, 0.6) is 5.75 Å². The van der Waals surface area contributed by atoms with Gasteiger partial charge in [0.15, 0.2) is 0 Å². The van der Waals surface area contributed by atoms with Crippen LogP contribution in [-0.2, 0) is 4.79 Å². The van der Waals surface area contributed by atoms with Gasteiger partial charge < -0.3 is 15.4 Å². The van der Waals surface area contributed by atoms with E-state index in [-0.39, 0.29) is 11.8 Å². The van der Waals surface area contributed by atoms with Gasteiger partial charge in [-0.05, 0) is 43.0 Å². The molecule has 1 aliphatic carbocycles. The van der Waals surface area contributed by atoms with E-state index in [4.69, 9.17) is 4.74 Å². The maximum Gasteiger partial charge on any atom is 0.252 e. The second-order valence-electron chi connectivity index (χ2n) is 7.51. The Morgan fingerprint density at radius 1 is 0.933 bits per heavy atom. The van der Waals surface area contributed by atoms with Crippen molar-refractivity contribution in [2.24, 2.45) is 5.92 Å². The van der Waals surface area contributed by atoms with Crippen molar-refractivity contribution in [1.29, 1.82) is 0 Å². The van der Waals surface area contributed by atoms with E-state index in [2.05, 4.69) is 10.6 Å². The predicted octanol–water partition coefficient (Wildman–Crippen LogP) is 4.28. The predicted molar refractivity (Wildman–Crippen MR) is 121 cm³/mol. The van der Waals surface area contributed by atoms with Crippen molar-refractivity contribution in [2.45, 2.75) is 37.0 Å². The lowest BCUT2D eigenvalue weighted by Gasteiger charge is -2.21. The summed E-state index contributed by atoms with van der Waals surface area (Å²) in [5.41, 5.74) is 0.585. The highest BCUT2D eigenvalue weighted by Gasteiger charge is 2.15. The Morgan fingerprint density at radius 2 is 1.67 bits per heavy atom. The zero-order chi connectivity index (χ0) is 21.0. The van der Waals surface area contributed by atoms with Gasteiger partial charge in [0.05, 0.1) is 17.9 Å². The molecule has 2 amide bonds. The Labute approximate surface area is 183 Å². The summed E-state index contributed by atoms with van der Waals surface area (Å²) in [4.78, 5) is 25.6. The number of rotatable bonds is 10. The molecule has 2 N–H and O–H groups in total. The molecule has 0 heterocycles. The summed E-state index contributed by atoms with van der Waals surface area (Å²) in [6.45, 7) is 1.58. The summed E-state index contributed by atoms with van der Waals surface area (Å²) in [5.74, 6) is 1.58. The van der Waals surface area contributed by atoms with Gasteiger partial charge in [-0.3, -0.25) is 9.59 Å². The Morgan fingerprint density at radius 3 is 2.47 bits per heavy atom. The normalized spacial score (nSPS) is 14.1. The standard InChI is InChI=1S/C24H30N2O3S/c27-23(26-17-19-9-3-1-4-10-19)18-30-22-14-8-7-13-21(22)24(28)25-15-16-29-20-11-5-2-6-12-20/h2,5-8,11-14,19H,1,3-4,9-10,15-18H2,(H,25,28)(H,26,27). The second kappa shape index (κ2) is 12.3. The van der Waals surface area contributed by atoms with Gasteiger partial charge in [0.2, 0.25) is 5.91 Å². The van der Waals surface area contributed by atoms with Gasteiger partial charge in [-0.15, -0.1) is 11.8 Å². The molecule has 1 saturated carbocycles. The third-order valence-electron chi connectivity index (χ3n) is 5.20. The van der Waals surface area contributed by atoms with Crippen molar-refractivity contribution in [3.05, 3.63) is 60.2 Å². The Bertz CT molecular complexity index is 807. The fourth-order valence-corrected chi connectivity index (χ4v) is 4.45. The molecule has 30 heavy (non-hydrogen) atoms. The van der Waals surface area contributed by atoms with E-state index in [1.54, 1.807) is 6.07 Å². The van der Waals surface area contributed by atoms with E-state index in [1.165, 1.54) is 43.9 Å². The maximum atomic E-state index is 12.6. The first-order valence-electron chi connectivity index (χ1n) is 10.7. The molecule has 1 fully saturated rings. The molecule has 2 aromatic carbocycles. The lowest BCUT2D eigenvalue weighted by atomic mass is 9.89. The highest BCUT2D eigenvalue weighted by atomic mass is 32.2. The van der Waals surface area contributed by atoms with Crippen molar-refractivity contribution >= 4 is 23.6 Å². The molecule has 2 aromatic rings. The number of carbonyl (C=O) groups excluding carboxylic acids is 2. The Balaban J connectivity index is 1.41. The number of nitrogens with one attached hydrogen (secondary N) is 2. The van der Waals surface area contributed by atoms with Gasteiger partial charge in [-0.2, -0.15) is 0 Å². The molecule has 0 aliphatic heterocycles. The summed E-state index contributed by atoms with van der Waals surface area (Å²) >= 11 is 1.40. The van der Waals surface area contributed by atoms with Crippen molar-refractivity contribution in [1.82, 2.24) is 10.6 Å². The molecule has 0 aromatic heterocycles. The first-order chi connectivity index (χ1) is 14.7. The number of carbonyl (C=O) groups is 2. The highest BCUT2D eigenvalue weighted by Crippen LogP contribution is 2.24. The first-order valence-corrected chi connectivity index (χ1v) is 11.7. The molecule has 0 spiro atoms. The van der Waals surface area contributed by atoms with Crippen LogP contribution in [-0.4, -0.2) is 37.3 Å². The van der Waals surface area contributed by atoms with Crippen LogP contribution in [0.1, 0.15) is 42.5 Å². The summed E-state index contributed by atoms with van der Waals surface area (Å²) < 4.78 is 5.61. The average Bonchev–Trinajstić information content (AvgIpc) is 2.80. The van der Waals surface area contributed by atoms with E-state index < -0.39 is 0 Å². The van der Waals surface area contributed by atoms with Crippen molar-refractivity contribution < 1.29 is 14.3 Å². The van der Waals surface area contributed by atoms with E-state index in [1.807, 2.05) is 48.5 Å². The van der Waals surface area contributed by atoms with Crippen LogP contribution >= 0.6 is 11.8 Å². The highest BCUT2D eigenvalue weighted by molar-refractivity contribution is 8.00. The van der Waals surface area contributed by atoms with Gasteiger partial charge in [0, 0.05) is 11.4 Å². The Kier molecular flexibility index (Phi) is 9.09. The van der Waals surface area contributed by atoms with Gasteiger partial charge >= 0.3 is 0 Å². The molecule has 0 saturated heterocycles. The topological polar surface area (TPSA) is 67.4 Å². The van der Waals surface area contributed by atoms with Crippen LogP contribution in [0.15, 0.2) is 59.5 Å². The number of hydrogen-bond donors (Lipinski definition) is 2. The number of benzene rings is 2. The molecule has 6 heteroatoms. The first kappa shape index (κ1) is 22.2. The molecular weight excluding hydrogens is 396 g/mol. The van der Waals surface area contributed by atoms with Crippen LogP contribution < -0.4 is 15.4 Å². The molecule has 0 atom stereocenters. The summed E-state index contributed by atoms with van der Waals surface area (Å²) in [5, 5.41) is 5.94. The SMILES string of the molecule is O=C(CSc1ccccc1C(=O)NCCOc1ccccc1)NCC1CCCCC1. The quantitative estimate of drug-likeness (QED) is 0.439. The van der Waals surface area contributed by atoms with Gasteiger partial charge in [0.1, 0.15) is 12.4 Å². The largest absolute Gasteiger partial charge is 0.492 e. The van der Waals surface area contributed by atoms with Crippen molar-refractivity contribution in [2.75, 3.05) is 25.4 Å². The molecule has 1 aliphatic rings. The van der Waals surface area contributed by atoms with Crippen LogP contribution in [0.3, 0.4) is 0 Å². The monoisotopic (exact) mass is 426 g/mol. The van der Waals surface area contributed by atoms with Crippen molar-refractivity contribution in [3.8, 4) is 5.75 Å². The van der Waals surface area contributed by atoms with E-state index in [0.29, 0.717) is 30.4 Å². The lowest BCUT2D eigenvalue weighted by Crippen LogP contribution is -2.31. The third kappa shape index (κ3) is 7.41. The number of amides is 2. The number of para-hydroxylation sites is 1. The lowest BCUT2D eigenvalue weighted by molar-refractivity contribution is -0.118. The zero-order valence-electron chi connectivity index (χ0n) is 17.3. The summed E-state index contributed by atoms with van der Waals surface area (Å²) in [7, 11) is 0. The minimum atomic E-state index is -0.155. The number of hydrogen-bond acceptors (Lipinski definition) is 4. The Hall–Kier alpha value is -2.47. The molecular formula is C24H30N2O3S. The molecule has 3 rings (SSSR count). The fraction of sp³-hybridized carbons (Fsp3) is 0.417. The molecule has 5 nitrogen and oxygen atoms in total. The second-order valence-corrected chi connectivity index (χ2v) is 8.53. The van der Waals surface area contributed by atoms with Crippen LogP contribution in [0.2, 0.25) is 0 Å². The maximum absolute atomic E-state index is 12.6. The molecule has 0 bridgehead atoms. The molecule has 0 radical (unpaired) electrons. The zero-order valence-corrected chi connectivity index (χ0v) is 18.1. The summed E-state index contributed by atoms with van der Waals surface area (Å²) in [6, 6.07) is 16.9. The minimum absolute atomic E-state index is 0.0250. The van der Waals surface area contributed by atoms with E-state index >= 15 is 0 Å². The van der Waals surface area contributed by atoms with Crippen LogP contribution in [0.25, 0.3) is 0 Å². The molecule has 0 unspecified atom stereocenters. The smallest absolute Gasteiger partial charge is 0.252 e. The average molecular weight is 427 g/mol. The van der Waals surface area contributed by atoms with Crippen LogP contribution in [0, 0.1) is 5.92 Å². The summed E-state index contributed by atoms with van der Waals surface area (Å²) in [6.07, 6.45) is 6.29. The third-order valence-corrected chi connectivity index (χ3v) is 6.28. The van der Waals surface area contributed by atoms with Gasteiger partial charge in [0.25, 0.3) is 5.91 Å². The van der Waals surface area contributed by atoms with E-state index in [0.717, 1.165) is 17.2 Å². The molecule has 160 valence electrons. The van der Waals surface area contributed by atoms with E-state index in [9.17, 15) is 9.59 Å². The minimum Gasteiger partial charge on any atom is -0.492 e. The van der Waals surface area contributed by atoms with Crippen LogP contribution in [0.4, 0.5) is 0 Å². The number of ether oxygens (including phenoxy) is 1. The van der Waals surface area contributed by atoms with Gasteiger partial charge in [-0.25, -0.2) is 0 Å². The van der Waals surface area contributed by atoms with Gasteiger partial charge in [-0.1, -0.05) is 49.6 Å². The number of thioether (sulfide) groups is 1.